The molecule has 106 valence electrons. The topological polar surface area (TPSA) is 35.5 Å². The Morgan fingerprint density at radius 1 is 1.05 bits per heavy atom. The first-order valence-electron chi connectivity index (χ1n) is 6.20. The van der Waals surface area contributed by atoms with Crippen LogP contribution in [0.3, 0.4) is 0 Å². The van der Waals surface area contributed by atoms with Crippen molar-refractivity contribution in [2.45, 2.75) is 39.3 Å². The summed E-state index contributed by atoms with van der Waals surface area (Å²) < 4.78 is 11.4. The van der Waals surface area contributed by atoms with Gasteiger partial charge in [-0.3, -0.25) is 0 Å². The highest BCUT2D eigenvalue weighted by molar-refractivity contribution is 6.71. The van der Waals surface area contributed by atoms with E-state index in [0.29, 0.717) is 16.3 Å². The van der Waals surface area contributed by atoms with Crippen molar-refractivity contribution in [2.75, 3.05) is 0 Å². The Labute approximate surface area is 122 Å². The first-order chi connectivity index (χ1) is 8.49. The summed E-state index contributed by atoms with van der Waals surface area (Å²) in [6.07, 6.45) is 0. The van der Waals surface area contributed by atoms with Crippen LogP contribution in [0.15, 0.2) is 18.2 Å². The van der Waals surface area contributed by atoms with Crippen LogP contribution in [-0.2, 0) is 4.43 Å². The predicted octanol–water partition coefficient (Wildman–Crippen LogP) is 4.55. The summed E-state index contributed by atoms with van der Waals surface area (Å²) in [7, 11) is -3.79. The predicted molar refractivity (Wildman–Crippen MR) is 84.2 cm³/mol. The molecule has 0 aliphatic heterocycles. The molecular formula is C13H21ClO3Si2. The van der Waals surface area contributed by atoms with Crippen molar-refractivity contribution in [1.29, 1.82) is 0 Å². The van der Waals surface area contributed by atoms with Gasteiger partial charge in [0.25, 0.3) is 0 Å². The number of carbonyl (C=O) groups excluding carboxylic acids is 1. The van der Waals surface area contributed by atoms with E-state index in [4.69, 9.17) is 20.5 Å². The van der Waals surface area contributed by atoms with Crippen molar-refractivity contribution in [3.8, 4) is 5.75 Å². The molecule has 0 unspecified atom stereocenters. The Balaban J connectivity index is 3.14. The number of benzene rings is 1. The van der Waals surface area contributed by atoms with Crippen LogP contribution >= 0.6 is 11.6 Å². The van der Waals surface area contributed by atoms with E-state index in [-0.39, 0.29) is 5.97 Å². The maximum Gasteiger partial charge on any atom is 0.328 e. The van der Waals surface area contributed by atoms with Crippen LogP contribution in [0, 0.1) is 0 Å². The average molecular weight is 317 g/mol. The average Bonchev–Trinajstić information content (AvgIpc) is 2.16. The standard InChI is InChI=1S/C13H21ClO3Si2/c1-18(2,3)16-12-10(8-7-9-11(12)14)13(15)17-19(4,5)6/h7-9H,1-6H3. The molecule has 0 atom stereocenters. The summed E-state index contributed by atoms with van der Waals surface area (Å²) in [5, 5.41) is 0.451. The van der Waals surface area contributed by atoms with Crippen molar-refractivity contribution in [3.63, 3.8) is 0 Å². The first kappa shape index (κ1) is 16.3. The lowest BCUT2D eigenvalue weighted by atomic mass is 10.2. The fourth-order valence-corrected chi connectivity index (χ4v) is 3.19. The smallest absolute Gasteiger partial charge is 0.328 e. The monoisotopic (exact) mass is 316 g/mol. The van der Waals surface area contributed by atoms with Crippen molar-refractivity contribution in [1.82, 2.24) is 0 Å². The Morgan fingerprint density at radius 3 is 2.11 bits per heavy atom. The van der Waals surface area contributed by atoms with Crippen molar-refractivity contribution in [3.05, 3.63) is 28.8 Å². The lowest BCUT2D eigenvalue weighted by Crippen LogP contribution is -2.32. The molecular weight excluding hydrogens is 296 g/mol. The quantitative estimate of drug-likeness (QED) is 0.765. The zero-order valence-electron chi connectivity index (χ0n) is 12.3. The van der Waals surface area contributed by atoms with Gasteiger partial charge >= 0.3 is 5.97 Å². The Hall–Kier alpha value is -0.786. The van der Waals surface area contributed by atoms with E-state index < -0.39 is 16.6 Å². The van der Waals surface area contributed by atoms with E-state index in [9.17, 15) is 4.79 Å². The van der Waals surface area contributed by atoms with E-state index in [1.807, 2.05) is 39.3 Å². The van der Waals surface area contributed by atoms with Crippen LogP contribution in [0.5, 0.6) is 5.75 Å². The summed E-state index contributed by atoms with van der Waals surface area (Å²) in [6.45, 7) is 12.0. The van der Waals surface area contributed by atoms with Gasteiger partial charge in [0.1, 0.15) is 11.3 Å². The largest absolute Gasteiger partial charge is 0.543 e. The van der Waals surface area contributed by atoms with Gasteiger partial charge in [0.05, 0.1) is 5.02 Å². The van der Waals surface area contributed by atoms with Crippen LogP contribution in [0.1, 0.15) is 10.4 Å². The third-order valence-electron chi connectivity index (χ3n) is 1.99. The van der Waals surface area contributed by atoms with Crippen LogP contribution < -0.4 is 4.43 Å². The molecule has 19 heavy (non-hydrogen) atoms. The second-order valence-electron chi connectivity index (χ2n) is 6.33. The molecule has 0 N–H and O–H groups in total. The number of hydrogen-bond donors (Lipinski definition) is 0. The minimum Gasteiger partial charge on any atom is -0.543 e. The molecule has 0 aromatic heterocycles. The molecule has 1 aromatic carbocycles. The van der Waals surface area contributed by atoms with E-state index in [2.05, 4.69) is 0 Å². The van der Waals surface area contributed by atoms with Crippen LogP contribution in [0.2, 0.25) is 44.3 Å². The molecule has 0 fully saturated rings. The van der Waals surface area contributed by atoms with E-state index >= 15 is 0 Å². The highest BCUT2D eigenvalue weighted by Crippen LogP contribution is 2.32. The highest BCUT2D eigenvalue weighted by atomic mass is 35.5. The maximum atomic E-state index is 12.2. The van der Waals surface area contributed by atoms with Gasteiger partial charge in [-0.15, -0.1) is 0 Å². The SMILES string of the molecule is C[Si](C)(C)OC(=O)c1cccc(Cl)c1O[Si](C)(C)C. The highest BCUT2D eigenvalue weighted by Gasteiger charge is 2.27. The Morgan fingerprint density at radius 2 is 1.63 bits per heavy atom. The van der Waals surface area contributed by atoms with Gasteiger partial charge < -0.3 is 8.85 Å². The molecule has 6 heteroatoms. The summed E-state index contributed by atoms with van der Waals surface area (Å²) >= 11 is 6.15. The molecule has 3 nitrogen and oxygen atoms in total. The molecule has 0 aliphatic carbocycles. The molecule has 0 spiro atoms. The number of halogens is 1. The molecule has 0 saturated heterocycles. The number of para-hydroxylation sites is 1. The molecule has 1 aromatic rings. The van der Waals surface area contributed by atoms with Crippen molar-refractivity contribution < 1.29 is 13.6 Å². The van der Waals surface area contributed by atoms with E-state index in [1.54, 1.807) is 18.2 Å². The second-order valence-corrected chi connectivity index (χ2v) is 15.6. The normalized spacial score (nSPS) is 12.2. The van der Waals surface area contributed by atoms with Gasteiger partial charge in [-0.05, 0) is 51.4 Å². The number of rotatable bonds is 4. The third-order valence-corrected chi connectivity index (χ3v) is 3.91. The minimum atomic E-state index is -1.94. The number of hydrogen-bond acceptors (Lipinski definition) is 3. The Bertz CT molecular complexity index is 476. The lowest BCUT2D eigenvalue weighted by molar-refractivity contribution is 0.0722. The maximum absolute atomic E-state index is 12.2. The van der Waals surface area contributed by atoms with Gasteiger partial charge in [0.15, 0.2) is 0 Å². The fourth-order valence-electron chi connectivity index (χ4n) is 1.41. The van der Waals surface area contributed by atoms with Crippen LogP contribution in [-0.4, -0.2) is 22.6 Å². The number of carbonyl (C=O) groups is 1. The van der Waals surface area contributed by atoms with Crippen LogP contribution in [0.25, 0.3) is 0 Å². The van der Waals surface area contributed by atoms with E-state index in [1.165, 1.54) is 0 Å². The van der Waals surface area contributed by atoms with Crippen LogP contribution in [0.4, 0.5) is 0 Å². The molecule has 0 saturated carbocycles. The van der Waals surface area contributed by atoms with Gasteiger partial charge in [0.2, 0.25) is 16.6 Å². The van der Waals surface area contributed by atoms with E-state index in [0.717, 1.165) is 0 Å². The van der Waals surface area contributed by atoms with Gasteiger partial charge in [-0.25, -0.2) is 4.79 Å². The summed E-state index contributed by atoms with van der Waals surface area (Å²) in [6, 6.07) is 5.16. The summed E-state index contributed by atoms with van der Waals surface area (Å²) in [4.78, 5) is 12.2. The summed E-state index contributed by atoms with van der Waals surface area (Å²) in [5.74, 6) is 0.0986. The minimum absolute atomic E-state index is 0.352. The zero-order chi connectivity index (χ0) is 14.8. The molecule has 0 aliphatic rings. The first-order valence-corrected chi connectivity index (χ1v) is 13.4. The van der Waals surface area contributed by atoms with Crippen molar-refractivity contribution >= 4 is 34.2 Å². The molecule has 1 rings (SSSR count). The Kier molecular flexibility index (Phi) is 4.87. The summed E-state index contributed by atoms with van der Waals surface area (Å²) in [5.41, 5.74) is 0.414. The molecule has 0 bridgehead atoms. The lowest BCUT2D eigenvalue weighted by Gasteiger charge is -2.24. The molecule has 0 heterocycles. The van der Waals surface area contributed by atoms with Gasteiger partial charge in [-0.2, -0.15) is 0 Å². The molecule has 0 radical (unpaired) electrons. The van der Waals surface area contributed by atoms with Gasteiger partial charge in [-0.1, -0.05) is 17.7 Å². The van der Waals surface area contributed by atoms with Gasteiger partial charge in [0, 0.05) is 0 Å². The second kappa shape index (κ2) is 5.68. The zero-order valence-corrected chi connectivity index (χ0v) is 15.1. The fraction of sp³-hybridized carbons (Fsp3) is 0.462. The third kappa shape index (κ3) is 5.38. The molecule has 0 amide bonds. The van der Waals surface area contributed by atoms with Crippen molar-refractivity contribution in [2.24, 2.45) is 0 Å².